The zero-order valence-electron chi connectivity index (χ0n) is 16.1. The molecule has 1 nitrogen and oxygen atoms in total. The summed E-state index contributed by atoms with van der Waals surface area (Å²) in [6.45, 7) is 24.1. The number of allylic oxidation sites excluding steroid dienone is 1. The molecular formula is C20H36BN. The minimum atomic E-state index is 0.334. The van der Waals surface area contributed by atoms with Crippen LogP contribution < -0.4 is 0 Å². The summed E-state index contributed by atoms with van der Waals surface area (Å²) in [7, 11) is 0. The highest BCUT2D eigenvalue weighted by Gasteiger charge is 2.48. The van der Waals surface area contributed by atoms with Crippen molar-refractivity contribution in [1.29, 1.82) is 0 Å². The van der Waals surface area contributed by atoms with E-state index in [0.717, 1.165) is 26.2 Å². The summed E-state index contributed by atoms with van der Waals surface area (Å²) in [6.07, 6.45) is 7.56. The molecule has 2 aliphatic rings. The van der Waals surface area contributed by atoms with E-state index in [9.17, 15) is 0 Å². The van der Waals surface area contributed by atoms with Gasteiger partial charge in [-0.1, -0.05) is 73.8 Å². The average molecular weight is 301 g/mol. The van der Waals surface area contributed by atoms with Crippen molar-refractivity contribution >= 4 is 6.71 Å². The molecule has 0 aliphatic carbocycles. The first-order valence-corrected chi connectivity index (χ1v) is 9.03. The fourth-order valence-corrected chi connectivity index (χ4v) is 4.19. The molecule has 2 aliphatic heterocycles. The first-order chi connectivity index (χ1) is 9.91. The Kier molecular flexibility index (Phi) is 4.64. The summed E-state index contributed by atoms with van der Waals surface area (Å²) in [4.78, 5) is 2.49. The lowest BCUT2D eigenvalue weighted by Crippen LogP contribution is -2.32. The molecule has 124 valence electrons. The molecule has 2 heterocycles. The molecule has 0 unspecified atom stereocenters. The van der Waals surface area contributed by atoms with Crippen molar-refractivity contribution in [2.24, 2.45) is 16.2 Å². The van der Waals surface area contributed by atoms with Crippen molar-refractivity contribution in [1.82, 2.24) is 4.90 Å². The predicted molar refractivity (Wildman–Crippen MR) is 100 cm³/mol. The first-order valence-electron chi connectivity index (χ1n) is 9.03. The maximum absolute atomic E-state index is 4.33. The SMILES string of the molecule is C=C(CC(C)(C)C)N1CC=C(B2CC(C)(C)C(C)(C)C2)CC1. The van der Waals surface area contributed by atoms with E-state index in [-0.39, 0.29) is 0 Å². The van der Waals surface area contributed by atoms with Gasteiger partial charge in [-0.3, -0.25) is 0 Å². The van der Waals surface area contributed by atoms with Crippen LogP contribution in [0.15, 0.2) is 23.8 Å². The van der Waals surface area contributed by atoms with Crippen LogP contribution in [0, 0.1) is 16.2 Å². The monoisotopic (exact) mass is 301 g/mol. The van der Waals surface area contributed by atoms with Gasteiger partial charge < -0.3 is 4.90 Å². The predicted octanol–water partition coefficient (Wildman–Crippen LogP) is 5.67. The van der Waals surface area contributed by atoms with Crippen molar-refractivity contribution < 1.29 is 0 Å². The highest BCUT2D eigenvalue weighted by molar-refractivity contribution is 6.68. The number of nitrogens with zero attached hydrogens (tertiary/aromatic N) is 1. The molecule has 0 amide bonds. The minimum absolute atomic E-state index is 0.334. The summed E-state index contributed by atoms with van der Waals surface area (Å²) in [6, 6.07) is 0. The molecular weight excluding hydrogens is 265 g/mol. The highest BCUT2D eigenvalue weighted by atomic mass is 15.1. The van der Waals surface area contributed by atoms with Crippen LogP contribution >= 0.6 is 0 Å². The van der Waals surface area contributed by atoms with E-state index in [1.54, 1.807) is 5.47 Å². The zero-order valence-corrected chi connectivity index (χ0v) is 16.1. The van der Waals surface area contributed by atoms with Gasteiger partial charge in [0.05, 0.1) is 0 Å². The molecule has 0 aromatic carbocycles. The fraction of sp³-hybridized carbons (Fsp3) is 0.800. The van der Waals surface area contributed by atoms with Crippen LogP contribution in [0.25, 0.3) is 0 Å². The lowest BCUT2D eigenvalue weighted by molar-refractivity contribution is 0.177. The van der Waals surface area contributed by atoms with Crippen LogP contribution in [0.1, 0.15) is 61.3 Å². The summed E-state index contributed by atoms with van der Waals surface area (Å²) in [5.74, 6) is 0. The molecule has 0 N–H and O–H groups in total. The maximum Gasteiger partial charge on any atom is 0.171 e. The second-order valence-corrected chi connectivity index (χ2v) is 10.2. The smallest absolute Gasteiger partial charge is 0.171 e. The number of rotatable bonds is 3. The molecule has 1 fully saturated rings. The third-order valence-corrected chi connectivity index (χ3v) is 6.30. The standard InChI is InChI=1S/C20H36BN/c1-16(13-18(2,3)4)22-11-9-17(10-12-22)21-14-19(5,6)20(7,8)15-21/h9H,1,10-15H2,2-8H3. The Hall–Kier alpha value is -0.655. The largest absolute Gasteiger partial charge is 0.371 e. The Morgan fingerprint density at radius 3 is 2.14 bits per heavy atom. The van der Waals surface area contributed by atoms with Crippen LogP contribution in [0.3, 0.4) is 0 Å². The van der Waals surface area contributed by atoms with Crippen molar-refractivity contribution in [3.05, 3.63) is 23.8 Å². The van der Waals surface area contributed by atoms with Crippen molar-refractivity contribution in [2.75, 3.05) is 13.1 Å². The molecule has 0 aromatic heterocycles. The van der Waals surface area contributed by atoms with E-state index in [1.165, 1.54) is 24.8 Å². The number of hydrogen-bond acceptors (Lipinski definition) is 1. The van der Waals surface area contributed by atoms with E-state index in [1.807, 2.05) is 0 Å². The molecule has 1 saturated heterocycles. The van der Waals surface area contributed by atoms with Gasteiger partial charge in [0.1, 0.15) is 0 Å². The van der Waals surface area contributed by atoms with E-state index in [0.29, 0.717) is 16.2 Å². The molecule has 0 atom stereocenters. The second-order valence-electron chi connectivity index (χ2n) is 10.2. The minimum Gasteiger partial charge on any atom is -0.371 e. The molecule has 2 rings (SSSR count). The van der Waals surface area contributed by atoms with Gasteiger partial charge in [0.2, 0.25) is 0 Å². The molecule has 0 aromatic rings. The highest BCUT2D eigenvalue weighted by Crippen LogP contribution is 2.54. The Morgan fingerprint density at radius 2 is 1.73 bits per heavy atom. The third kappa shape index (κ3) is 3.81. The van der Waals surface area contributed by atoms with Crippen LogP contribution in [0.2, 0.25) is 12.6 Å². The van der Waals surface area contributed by atoms with Gasteiger partial charge in [0.25, 0.3) is 0 Å². The summed E-state index contributed by atoms with van der Waals surface area (Å²) in [5, 5.41) is 0. The maximum atomic E-state index is 4.33. The lowest BCUT2D eigenvalue weighted by Gasteiger charge is -2.35. The normalized spacial score (nSPS) is 24.4. The Balaban J connectivity index is 1.97. The summed E-state index contributed by atoms with van der Waals surface area (Å²) in [5.41, 5.74) is 4.30. The van der Waals surface area contributed by atoms with Crippen LogP contribution in [-0.2, 0) is 0 Å². The summed E-state index contributed by atoms with van der Waals surface area (Å²) < 4.78 is 0. The van der Waals surface area contributed by atoms with E-state index in [4.69, 9.17) is 0 Å². The van der Waals surface area contributed by atoms with Crippen molar-refractivity contribution in [3.63, 3.8) is 0 Å². The van der Waals surface area contributed by atoms with E-state index in [2.05, 4.69) is 66.0 Å². The second kappa shape index (κ2) is 5.76. The topological polar surface area (TPSA) is 3.24 Å². The molecule has 22 heavy (non-hydrogen) atoms. The molecule has 0 bridgehead atoms. The third-order valence-electron chi connectivity index (χ3n) is 6.30. The zero-order chi connectivity index (χ0) is 16.8. The quantitative estimate of drug-likeness (QED) is 0.607. The van der Waals surface area contributed by atoms with Gasteiger partial charge in [0.15, 0.2) is 6.71 Å². The average Bonchev–Trinajstić information content (AvgIpc) is 2.56. The van der Waals surface area contributed by atoms with Crippen LogP contribution in [0.4, 0.5) is 0 Å². The van der Waals surface area contributed by atoms with Gasteiger partial charge in [-0.05, 0) is 29.1 Å². The lowest BCUT2D eigenvalue weighted by atomic mass is 9.40. The molecule has 0 spiro atoms. The Bertz CT molecular complexity index is 449. The van der Waals surface area contributed by atoms with Gasteiger partial charge in [-0.15, -0.1) is 5.47 Å². The summed E-state index contributed by atoms with van der Waals surface area (Å²) >= 11 is 0. The van der Waals surface area contributed by atoms with Crippen molar-refractivity contribution in [3.8, 4) is 0 Å². The Morgan fingerprint density at radius 1 is 1.18 bits per heavy atom. The van der Waals surface area contributed by atoms with E-state index >= 15 is 0 Å². The van der Waals surface area contributed by atoms with Gasteiger partial charge in [0, 0.05) is 18.8 Å². The van der Waals surface area contributed by atoms with E-state index < -0.39 is 0 Å². The fourth-order valence-electron chi connectivity index (χ4n) is 4.19. The first kappa shape index (κ1) is 17.7. The van der Waals surface area contributed by atoms with Crippen LogP contribution in [-0.4, -0.2) is 24.7 Å². The van der Waals surface area contributed by atoms with Crippen molar-refractivity contribution in [2.45, 2.75) is 73.9 Å². The Labute approximate surface area is 139 Å². The molecule has 0 saturated carbocycles. The number of hydrogen-bond donors (Lipinski definition) is 0. The van der Waals surface area contributed by atoms with Gasteiger partial charge >= 0.3 is 0 Å². The molecule has 0 radical (unpaired) electrons. The molecule has 2 heteroatoms. The van der Waals surface area contributed by atoms with Crippen LogP contribution in [0.5, 0.6) is 0 Å². The van der Waals surface area contributed by atoms with Gasteiger partial charge in [-0.25, -0.2) is 0 Å². The van der Waals surface area contributed by atoms with Gasteiger partial charge in [-0.2, -0.15) is 0 Å².